The van der Waals surface area contributed by atoms with Crippen molar-refractivity contribution in [1.82, 2.24) is 5.32 Å². The molecule has 0 saturated heterocycles. The number of carbonyl (C=O) groups is 1. The van der Waals surface area contributed by atoms with Crippen LogP contribution in [0.2, 0.25) is 0 Å². The Bertz CT molecular complexity index is 857. The van der Waals surface area contributed by atoms with Crippen LogP contribution in [0.15, 0.2) is 42.5 Å². The molecule has 2 aromatic rings. The van der Waals surface area contributed by atoms with Gasteiger partial charge in [0, 0.05) is 11.6 Å². The van der Waals surface area contributed by atoms with E-state index in [9.17, 15) is 4.79 Å². The molecule has 0 aromatic heterocycles. The Kier molecular flexibility index (Phi) is 6.16. The van der Waals surface area contributed by atoms with E-state index in [4.69, 9.17) is 14.2 Å². The molecule has 5 heteroatoms. The van der Waals surface area contributed by atoms with E-state index in [0.29, 0.717) is 35.3 Å². The predicted molar refractivity (Wildman–Crippen MR) is 116 cm³/mol. The Morgan fingerprint density at radius 1 is 1.07 bits per heavy atom. The van der Waals surface area contributed by atoms with Gasteiger partial charge in [-0.15, -0.1) is 0 Å². The van der Waals surface area contributed by atoms with Crippen molar-refractivity contribution in [2.24, 2.45) is 17.8 Å². The highest BCUT2D eigenvalue weighted by Crippen LogP contribution is 2.49. The van der Waals surface area contributed by atoms with Gasteiger partial charge in [0.05, 0.1) is 14.2 Å². The molecule has 2 bridgehead atoms. The molecule has 160 valence electrons. The first kappa shape index (κ1) is 20.6. The minimum absolute atomic E-state index is 0.100. The predicted octanol–water partition coefficient (Wildman–Crippen LogP) is 4.84. The van der Waals surface area contributed by atoms with E-state index in [1.54, 1.807) is 26.4 Å². The third-order valence-electron chi connectivity index (χ3n) is 6.74. The van der Waals surface area contributed by atoms with Crippen molar-refractivity contribution in [1.29, 1.82) is 0 Å². The summed E-state index contributed by atoms with van der Waals surface area (Å²) in [4.78, 5) is 13.0. The van der Waals surface area contributed by atoms with Gasteiger partial charge in [-0.1, -0.05) is 36.8 Å². The van der Waals surface area contributed by atoms with Gasteiger partial charge >= 0.3 is 0 Å². The zero-order chi connectivity index (χ0) is 21.1. The van der Waals surface area contributed by atoms with Gasteiger partial charge in [0.2, 0.25) is 5.75 Å². The molecule has 4 atom stereocenters. The fraction of sp³-hybridized carbons (Fsp3) is 0.480. The van der Waals surface area contributed by atoms with Gasteiger partial charge in [-0.2, -0.15) is 0 Å². The molecule has 5 nitrogen and oxygen atoms in total. The zero-order valence-corrected chi connectivity index (χ0v) is 18.0. The van der Waals surface area contributed by atoms with E-state index in [-0.39, 0.29) is 11.9 Å². The standard InChI is InChI=1S/C25H31NO4/c1-16(21-12-18-9-10-19(21)11-18)26-25(27)20-13-22(28-2)24(23(14-20)29-3)30-15-17-7-5-4-6-8-17/h4-8,13-14,16,18-19,21H,9-12,15H2,1-3H3,(H,26,27). The van der Waals surface area contributed by atoms with Crippen LogP contribution in [0.5, 0.6) is 17.2 Å². The highest BCUT2D eigenvalue weighted by Gasteiger charge is 2.42. The number of fused-ring (bicyclic) bond motifs is 2. The first-order valence-corrected chi connectivity index (χ1v) is 10.8. The number of methoxy groups -OCH3 is 2. The lowest BCUT2D eigenvalue weighted by atomic mass is 9.84. The molecule has 2 aromatic carbocycles. The van der Waals surface area contributed by atoms with Crippen LogP contribution in [0.3, 0.4) is 0 Å². The molecular weight excluding hydrogens is 378 g/mol. The average Bonchev–Trinajstić information content (AvgIpc) is 3.41. The Labute approximate surface area is 178 Å². The maximum absolute atomic E-state index is 13.0. The summed E-state index contributed by atoms with van der Waals surface area (Å²) >= 11 is 0. The molecule has 0 heterocycles. The Morgan fingerprint density at radius 3 is 2.33 bits per heavy atom. The normalized spacial score (nSPS) is 23.1. The van der Waals surface area contributed by atoms with Gasteiger partial charge in [-0.3, -0.25) is 4.79 Å². The minimum atomic E-state index is -0.100. The first-order chi connectivity index (χ1) is 14.6. The van der Waals surface area contributed by atoms with Crippen LogP contribution in [-0.4, -0.2) is 26.2 Å². The summed E-state index contributed by atoms with van der Waals surface area (Å²) < 4.78 is 17.0. The quantitative estimate of drug-likeness (QED) is 0.678. The summed E-state index contributed by atoms with van der Waals surface area (Å²) in [6.45, 7) is 2.52. The van der Waals surface area contributed by atoms with Gasteiger partial charge in [0.1, 0.15) is 6.61 Å². The molecule has 4 rings (SSSR count). The van der Waals surface area contributed by atoms with Crippen LogP contribution in [0.4, 0.5) is 0 Å². The van der Waals surface area contributed by atoms with Gasteiger partial charge < -0.3 is 19.5 Å². The van der Waals surface area contributed by atoms with Crippen LogP contribution >= 0.6 is 0 Å². The van der Waals surface area contributed by atoms with Crippen molar-refractivity contribution in [2.45, 2.75) is 45.3 Å². The summed E-state index contributed by atoms with van der Waals surface area (Å²) in [6, 6.07) is 13.5. The van der Waals surface area contributed by atoms with Crippen molar-refractivity contribution >= 4 is 5.91 Å². The van der Waals surface area contributed by atoms with Crippen molar-refractivity contribution in [3.63, 3.8) is 0 Å². The molecule has 0 spiro atoms. The molecule has 2 aliphatic rings. The molecule has 2 saturated carbocycles. The number of rotatable bonds is 8. The maximum Gasteiger partial charge on any atom is 0.251 e. The second kappa shape index (κ2) is 8.99. The highest BCUT2D eigenvalue weighted by atomic mass is 16.5. The van der Waals surface area contributed by atoms with Gasteiger partial charge in [-0.05, 0) is 61.6 Å². The smallest absolute Gasteiger partial charge is 0.251 e. The lowest BCUT2D eigenvalue weighted by Gasteiger charge is -2.28. The SMILES string of the molecule is COc1cc(C(=O)NC(C)C2CC3CCC2C3)cc(OC)c1OCc1ccccc1. The van der Waals surface area contributed by atoms with E-state index in [0.717, 1.165) is 17.4 Å². The maximum atomic E-state index is 13.0. The second-order valence-electron chi connectivity index (χ2n) is 8.59. The van der Waals surface area contributed by atoms with E-state index < -0.39 is 0 Å². The Balaban J connectivity index is 1.48. The number of benzene rings is 2. The van der Waals surface area contributed by atoms with Crippen LogP contribution < -0.4 is 19.5 Å². The summed E-state index contributed by atoms with van der Waals surface area (Å²) in [5.74, 6) is 3.60. The lowest BCUT2D eigenvalue weighted by Crippen LogP contribution is -2.40. The molecule has 0 radical (unpaired) electrons. The van der Waals surface area contributed by atoms with Gasteiger partial charge in [0.15, 0.2) is 11.5 Å². The van der Waals surface area contributed by atoms with Crippen LogP contribution in [-0.2, 0) is 6.61 Å². The van der Waals surface area contributed by atoms with Crippen LogP contribution in [0, 0.1) is 17.8 Å². The Morgan fingerprint density at radius 2 is 1.77 bits per heavy atom. The van der Waals surface area contributed by atoms with Gasteiger partial charge in [-0.25, -0.2) is 0 Å². The van der Waals surface area contributed by atoms with Crippen molar-refractivity contribution in [3.05, 3.63) is 53.6 Å². The fourth-order valence-corrected chi connectivity index (χ4v) is 5.19. The number of amides is 1. The molecule has 2 fully saturated rings. The largest absolute Gasteiger partial charge is 0.493 e. The van der Waals surface area contributed by atoms with Crippen molar-refractivity contribution in [3.8, 4) is 17.2 Å². The van der Waals surface area contributed by atoms with Gasteiger partial charge in [0.25, 0.3) is 5.91 Å². The number of hydrogen-bond donors (Lipinski definition) is 1. The molecule has 2 aliphatic carbocycles. The number of carbonyl (C=O) groups excluding carboxylic acids is 1. The Hall–Kier alpha value is -2.69. The molecule has 0 aliphatic heterocycles. The van der Waals surface area contributed by atoms with E-state index >= 15 is 0 Å². The summed E-state index contributed by atoms with van der Waals surface area (Å²) in [6.07, 6.45) is 5.25. The van der Waals surface area contributed by atoms with Crippen LogP contribution in [0.25, 0.3) is 0 Å². The number of nitrogens with one attached hydrogen (secondary N) is 1. The molecule has 1 amide bonds. The molecular formula is C25H31NO4. The van der Waals surface area contributed by atoms with E-state index in [1.165, 1.54) is 25.7 Å². The van der Waals surface area contributed by atoms with Crippen molar-refractivity contribution in [2.75, 3.05) is 14.2 Å². The third kappa shape index (κ3) is 4.25. The monoisotopic (exact) mass is 409 g/mol. The number of ether oxygens (including phenoxy) is 3. The van der Waals surface area contributed by atoms with E-state index in [2.05, 4.69) is 12.2 Å². The fourth-order valence-electron chi connectivity index (χ4n) is 5.19. The highest BCUT2D eigenvalue weighted by molar-refractivity contribution is 5.95. The topological polar surface area (TPSA) is 56.8 Å². The van der Waals surface area contributed by atoms with Crippen molar-refractivity contribution < 1.29 is 19.0 Å². The zero-order valence-electron chi connectivity index (χ0n) is 18.0. The summed E-state index contributed by atoms with van der Waals surface area (Å²) in [5.41, 5.74) is 1.56. The second-order valence-corrected chi connectivity index (χ2v) is 8.59. The first-order valence-electron chi connectivity index (χ1n) is 10.8. The average molecular weight is 410 g/mol. The molecule has 1 N–H and O–H groups in total. The lowest BCUT2D eigenvalue weighted by molar-refractivity contribution is 0.0914. The third-order valence-corrected chi connectivity index (χ3v) is 6.74. The van der Waals surface area contributed by atoms with Crippen LogP contribution in [0.1, 0.15) is 48.5 Å². The number of hydrogen-bond acceptors (Lipinski definition) is 4. The van der Waals surface area contributed by atoms with E-state index in [1.807, 2.05) is 30.3 Å². The minimum Gasteiger partial charge on any atom is -0.493 e. The summed E-state index contributed by atoms with van der Waals surface area (Å²) in [5, 5.41) is 3.21. The molecule has 4 unspecified atom stereocenters. The molecule has 30 heavy (non-hydrogen) atoms. The summed E-state index contributed by atoms with van der Waals surface area (Å²) in [7, 11) is 3.15.